The minimum Gasteiger partial charge on any atom is -0.309 e. The molecule has 0 fully saturated rings. The maximum absolute atomic E-state index is 5.18. The molecule has 3 heterocycles. The first-order valence-electron chi connectivity index (χ1n) is 22.7. The molecule has 9 aromatic carbocycles. The van der Waals surface area contributed by atoms with Gasteiger partial charge < -0.3 is 9.13 Å². The molecule has 12 rings (SSSR count). The molecule has 12 aromatic rings. The largest absolute Gasteiger partial charge is 0.309 e. The van der Waals surface area contributed by atoms with E-state index in [1.807, 2.05) is 0 Å². The normalized spacial score (nSPS) is 11.6. The van der Waals surface area contributed by atoms with E-state index in [4.69, 9.17) is 9.97 Å². The summed E-state index contributed by atoms with van der Waals surface area (Å²) in [4.78, 5) is 10.3. The van der Waals surface area contributed by atoms with Crippen molar-refractivity contribution in [3.63, 3.8) is 0 Å². The van der Waals surface area contributed by atoms with Crippen molar-refractivity contribution >= 4 is 43.6 Å². The van der Waals surface area contributed by atoms with Crippen molar-refractivity contribution in [1.29, 1.82) is 0 Å². The summed E-state index contributed by atoms with van der Waals surface area (Å²) in [6, 6.07) is 74.8. The highest BCUT2D eigenvalue weighted by atomic mass is 15.0. The van der Waals surface area contributed by atoms with Crippen LogP contribution in [0.3, 0.4) is 0 Å². The summed E-state index contributed by atoms with van der Waals surface area (Å²) >= 11 is 0. The lowest BCUT2D eigenvalue weighted by atomic mass is 9.92. The number of para-hydroxylation sites is 3. The summed E-state index contributed by atoms with van der Waals surface area (Å²) in [6.45, 7) is 8.63. The highest BCUT2D eigenvalue weighted by Crippen LogP contribution is 2.39. The van der Waals surface area contributed by atoms with E-state index in [0.29, 0.717) is 0 Å². The van der Waals surface area contributed by atoms with E-state index in [2.05, 4.69) is 243 Å². The first-order chi connectivity index (χ1) is 32.3. The number of hydrogen-bond donors (Lipinski definition) is 0. The van der Waals surface area contributed by atoms with Crippen molar-refractivity contribution in [3.8, 4) is 67.5 Å². The molecule has 0 aliphatic carbocycles. The summed E-state index contributed by atoms with van der Waals surface area (Å²) in [5, 5.41) is 5.01. The predicted molar refractivity (Wildman–Crippen MR) is 277 cm³/mol. The molecule has 0 bridgehead atoms. The molecule has 0 aliphatic heterocycles. The van der Waals surface area contributed by atoms with Gasteiger partial charge in [0, 0.05) is 49.6 Å². The van der Waals surface area contributed by atoms with Gasteiger partial charge in [0.2, 0.25) is 0 Å². The van der Waals surface area contributed by atoms with Crippen LogP contribution in [0.25, 0.3) is 111 Å². The Labute approximate surface area is 384 Å². The second-order valence-corrected chi connectivity index (χ2v) is 17.7. The van der Waals surface area contributed by atoms with Crippen molar-refractivity contribution in [2.75, 3.05) is 0 Å². The monoisotopic (exact) mass is 846 g/mol. The summed E-state index contributed by atoms with van der Waals surface area (Å²) in [5.74, 6) is 0.734. The zero-order valence-corrected chi connectivity index (χ0v) is 37.4. The second kappa shape index (κ2) is 15.7. The van der Waals surface area contributed by atoms with Gasteiger partial charge in [-0.25, -0.2) is 9.97 Å². The Morgan fingerprint density at radius 1 is 0.303 bits per heavy atom. The van der Waals surface area contributed by atoms with Gasteiger partial charge in [-0.1, -0.05) is 145 Å². The Morgan fingerprint density at radius 2 is 0.773 bits per heavy atom. The van der Waals surface area contributed by atoms with Crippen LogP contribution in [0.15, 0.2) is 206 Å². The molecule has 0 saturated carbocycles. The SMILES string of the molecule is Cc1cccc(-c2cc(-c3cc(C)c(-c4ccc(-c5ccc(-n6c7ccccc7c7cc(-n8c9ccccc9c9ccccc98)ccc76)cc5)cc4)cc3C)nc(-c3cccc(C)c3)n2)c1. The van der Waals surface area contributed by atoms with Crippen molar-refractivity contribution in [3.05, 3.63) is 229 Å². The fourth-order valence-corrected chi connectivity index (χ4v) is 10.1. The third-order valence-electron chi connectivity index (χ3n) is 13.3. The summed E-state index contributed by atoms with van der Waals surface area (Å²) in [7, 11) is 0. The maximum Gasteiger partial charge on any atom is 0.160 e. The molecular formula is C62H46N4. The lowest BCUT2D eigenvalue weighted by Gasteiger charge is -2.15. The molecule has 0 aliphatic rings. The van der Waals surface area contributed by atoms with Crippen LogP contribution in [0.5, 0.6) is 0 Å². The molecule has 0 N–H and O–H groups in total. The van der Waals surface area contributed by atoms with Gasteiger partial charge in [0.15, 0.2) is 5.82 Å². The fraction of sp³-hybridized carbons (Fsp3) is 0.0645. The lowest BCUT2D eigenvalue weighted by molar-refractivity contribution is 1.17. The predicted octanol–water partition coefficient (Wildman–Crippen LogP) is 16.2. The van der Waals surface area contributed by atoms with E-state index in [-0.39, 0.29) is 0 Å². The first-order valence-corrected chi connectivity index (χ1v) is 22.7. The Balaban J connectivity index is 0.859. The minimum absolute atomic E-state index is 0.734. The Hall–Kier alpha value is -8.34. The number of aryl methyl sites for hydroxylation is 4. The zero-order valence-electron chi connectivity index (χ0n) is 37.4. The van der Waals surface area contributed by atoms with Crippen LogP contribution in [-0.2, 0) is 0 Å². The molecule has 4 heteroatoms. The van der Waals surface area contributed by atoms with Gasteiger partial charge in [-0.3, -0.25) is 0 Å². The van der Waals surface area contributed by atoms with Crippen molar-refractivity contribution in [2.24, 2.45) is 0 Å². The molecular weight excluding hydrogens is 801 g/mol. The molecule has 0 atom stereocenters. The van der Waals surface area contributed by atoms with Crippen LogP contribution in [0.1, 0.15) is 22.3 Å². The summed E-state index contributed by atoms with van der Waals surface area (Å²) in [5.41, 5.74) is 21.7. The minimum atomic E-state index is 0.734. The third kappa shape index (κ3) is 6.69. The first kappa shape index (κ1) is 39.3. The average molecular weight is 847 g/mol. The smallest absolute Gasteiger partial charge is 0.160 e. The maximum atomic E-state index is 5.18. The number of rotatable bonds is 7. The topological polar surface area (TPSA) is 35.6 Å². The lowest BCUT2D eigenvalue weighted by Crippen LogP contribution is -1.98. The summed E-state index contributed by atoms with van der Waals surface area (Å²) < 4.78 is 4.80. The van der Waals surface area contributed by atoms with E-state index in [0.717, 1.165) is 45.3 Å². The fourth-order valence-electron chi connectivity index (χ4n) is 10.1. The zero-order chi connectivity index (χ0) is 44.5. The number of benzene rings is 9. The molecule has 0 spiro atoms. The van der Waals surface area contributed by atoms with Crippen LogP contribution in [0.2, 0.25) is 0 Å². The van der Waals surface area contributed by atoms with E-state index >= 15 is 0 Å². The molecule has 314 valence electrons. The molecule has 0 radical (unpaired) electrons. The number of hydrogen-bond acceptors (Lipinski definition) is 2. The van der Waals surface area contributed by atoms with Gasteiger partial charge in [-0.2, -0.15) is 0 Å². The van der Waals surface area contributed by atoms with Crippen molar-refractivity contribution < 1.29 is 0 Å². The van der Waals surface area contributed by atoms with E-state index in [9.17, 15) is 0 Å². The van der Waals surface area contributed by atoms with Gasteiger partial charge in [0.05, 0.1) is 33.5 Å². The highest BCUT2D eigenvalue weighted by Gasteiger charge is 2.18. The molecule has 0 amide bonds. The Kier molecular flexibility index (Phi) is 9.35. The molecule has 4 nitrogen and oxygen atoms in total. The van der Waals surface area contributed by atoms with Crippen LogP contribution >= 0.6 is 0 Å². The van der Waals surface area contributed by atoms with Crippen molar-refractivity contribution in [1.82, 2.24) is 19.1 Å². The molecule has 66 heavy (non-hydrogen) atoms. The van der Waals surface area contributed by atoms with Crippen molar-refractivity contribution in [2.45, 2.75) is 27.7 Å². The number of fused-ring (bicyclic) bond motifs is 6. The molecule has 3 aromatic heterocycles. The van der Waals surface area contributed by atoms with Crippen LogP contribution in [-0.4, -0.2) is 19.1 Å². The highest BCUT2D eigenvalue weighted by molar-refractivity contribution is 6.12. The van der Waals surface area contributed by atoms with Crippen LogP contribution in [0.4, 0.5) is 0 Å². The second-order valence-electron chi connectivity index (χ2n) is 17.7. The van der Waals surface area contributed by atoms with Gasteiger partial charge in [0.25, 0.3) is 0 Å². The Bertz CT molecular complexity index is 3730. The van der Waals surface area contributed by atoms with E-state index in [1.54, 1.807) is 0 Å². The standard InChI is InChI=1S/C62H46N4/c1-39-13-11-15-46(33-39)56-38-57(64-62(63-56)47-16-12-14-40(2)34-47)54-36-41(3)53(35-42(54)4)45-25-23-43(24-26-45)44-27-29-48(30-28-44)65-60-22-10-7-19-52(60)55-37-49(31-32-61(55)65)66-58-20-8-5-17-50(58)51-18-6-9-21-59(51)66/h5-38H,1-4H3. The third-order valence-corrected chi connectivity index (χ3v) is 13.3. The van der Waals surface area contributed by atoms with Gasteiger partial charge in [0.1, 0.15) is 0 Å². The van der Waals surface area contributed by atoms with Gasteiger partial charge in [-0.05, 0) is 134 Å². The average Bonchev–Trinajstić information content (AvgIpc) is 3.87. The van der Waals surface area contributed by atoms with Gasteiger partial charge >= 0.3 is 0 Å². The van der Waals surface area contributed by atoms with Crippen LogP contribution in [0, 0.1) is 27.7 Å². The van der Waals surface area contributed by atoms with Crippen LogP contribution < -0.4 is 0 Å². The van der Waals surface area contributed by atoms with E-state index in [1.165, 1.54) is 88.1 Å². The quantitative estimate of drug-likeness (QED) is 0.160. The Morgan fingerprint density at radius 3 is 1.41 bits per heavy atom. The number of aromatic nitrogens is 4. The summed E-state index contributed by atoms with van der Waals surface area (Å²) in [6.07, 6.45) is 0. The molecule has 0 saturated heterocycles. The molecule has 0 unspecified atom stereocenters. The van der Waals surface area contributed by atoms with Gasteiger partial charge in [-0.15, -0.1) is 0 Å². The number of nitrogens with zero attached hydrogens (tertiary/aromatic N) is 4. The van der Waals surface area contributed by atoms with E-state index < -0.39 is 0 Å².